The molecular weight excluding hydrogens is 334 g/mol. The van der Waals surface area contributed by atoms with Gasteiger partial charge >= 0.3 is 0 Å². The molecule has 110 valence electrons. The fourth-order valence-electron chi connectivity index (χ4n) is 2.43. The van der Waals surface area contributed by atoms with Gasteiger partial charge in [-0.2, -0.15) is 0 Å². The van der Waals surface area contributed by atoms with Crippen molar-refractivity contribution in [2.45, 2.75) is 0 Å². The first-order valence-corrected chi connectivity index (χ1v) is 9.25. The summed E-state index contributed by atoms with van der Waals surface area (Å²) in [5.74, 6) is 0. The quantitative estimate of drug-likeness (QED) is 0.631. The normalized spacial score (nSPS) is 11.4. The van der Waals surface area contributed by atoms with Crippen molar-refractivity contribution in [2.75, 3.05) is 0 Å². The highest BCUT2D eigenvalue weighted by atomic mass is 35.5. The molecule has 1 nitrogen and oxygen atoms in total. The van der Waals surface area contributed by atoms with Crippen molar-refractivity contribution in [3.05, 3.63) is 88.9 Å². The van der Waals surface area contributed by atoms with E-state index in [9.17, 15) is 4.57 Å². The van der Waals surface area contributed by atoms with Gasteiger partial charge in [-0.05, 0) is 24.3 Å². The van der Waals surface area contributed by atoms with Gasteiger partial charge < -0.3 is 4.57 Å². The van der Waals surface area contributed by atoms with Gasteiger partial charge in [0.1, 0.15) is 0 Å². The number of halogens is 2. The van der Waals surface area contributed by atoms with Crippen LogP contribution in [0.15, 0.2) is 78.9 Å². The molecule has 0 atom stereocenters. The van der Waals surface area contributed by atoms with E-state index in [0.29, 0.717) is 20.7 Å². The predicted molar refractivity (Wildman–Crippen MR) is 95.9 cm³/mol. The Hall–Kier alpha value is -1.53. The molecular formula is C18H13Cl2OP. The third-order valence-electron chi connectivity index (χ3n) is 3.46. The molecule has 4 heteroatoms. The van der Waals surface area contributed by atoms with Crippen molar-refractivity contribution < 1.29 is 4.57 Å². The molecule has 3 aromatic rings. The summed E-state index contributed by atoms with van der Waals surface area (Å²) in [4.78, 5) is 0. The van der Waals surface area contributed by atoms with E-state index in [2.05, 4.69) is 0 Å². The van der Waals surface area contributed by atoms with Crippen LogP contribution < -0.4 is 15.9 Å². The van der Waals surface area contributed by atoms with Gasteiger partial charge in [-0.25, -0.2) is 0 Å². The Labute approximate surface area is 139 Å². The number of hydrogen-bond donors (Lipinski definition) is 0. The molecule has 0 radical (unpaired) electrons. The molecule has 0 bridgehead atoms. The molecule has 0 aliphatic carbocycles. The van der Waals surface area contributed by atoms with Gasteiger partial charge in [0.05, 0.1) is 0 Å². The van der Waals surface area contributed by atoms with Crippen molar-refractivity contribution in [1.29, 1.82) is 0 Å². The minimum atomic E-state index is -3.00. The highest BCUT2D eigenvalue weighted by molar-refractivity contribution is 7.85. The first-order chi connectivity index (χ1) is 10.6. The Balaban J connectivity index is 2.30. The fourth-order valence-corrected chi connectivity index (χ4v) is 5.68. The summed E-state index contributed by atoms with van der Waals surface area (Å²) in [7, 11) is -3.00. The summed E-state index contributed by atoms with van der Waals surface area (Å²) in [6.07, 6.45) is 0. The highest BCUT2D eigenvalue weighted by Gasteiger charge is 2.29. The number of benzene rings is 3. The highest BCUT2D eigenvalue weighted by Crippen LogP contribution is 2.43. The number of rotatable bonds is 3. The van der Waals surface area contributed by atoms with Gasteiger partial charge in [-0.3, -0.25) is 0 Å². The molecule has 0 N–H and O–H groups in total. The Bertz CT molecular complexity index is 797. The molecule has 0 heterocycles. The third kappa shape index (κ3) is 2.85. The summed E-state index contributed by atoms with van der Waals surface area (Å²) < 4.78 is 14.0. The Kier molecular flexibility index (Phi) is 4.40. The topological polar surface area (TPSA) is 17.1 Å². The summed E-state index contributed by atoms with van der Waals surface area (Å²) in [6, 6.07) is 23.8. The molecule has 0 unspecified atom stereocenters. The molecule has 0 saturated heterocycles. The van der Waals surface area contributed by atoms with Crippen LogP contribution in [0.5, 0.6) is 0 Å². The zero-order valence-electron chi connectivity index (χ0n) is 11.6. The van der Waals surface area contributed by atoms with Gasteiger partial charge in [-0.15, -0.1) is 0 Å². The molecule has 0 amide bonds. The van der Waals surface area contributed by atoms with Crippen LogP contribution >= 0.6 is 30.3 Å². The van der Waals surface area contributed by atoms with E-state index < -0.39 is 7.14 Å². The second-order valence-corrected chi connectivity index (χ2v) is 8.55. The van der Waals surface area contributed by atoms with Gasteiger partial charge in [0.25, 0.3) is 0 Å². The molecule has 22 heavy (non-hydrogen) atoms. The second-order valence-electron chi connectivity index (χ2n) is 4.90. The smallest absolute Gasteiger partial charge is 0.171 e. The molecule has 0 aliphatic heterocycles. The van der Waals surface area contributed by atoms with Crippen LogP contribution in [0.1, 0.15) is 0 Å². The zero-order chi connectivity index (χ0) is 15.6. The molecule has 0 aromatic heterocycles. The van der Waals surface area contributed by atoms with Crippen molar-refractivity contribution >= 4 is 46.3 Å². The van der Waals surface area contributed by atoms with Crippen LogP contribution in [0.25, 0.3) is 0 Å². The largest absolute Gasteiger partial charge is 0.309 e. The van der Waals surface area contributed by atoms with Gasteiger partial charge in [0.2, 0.25) is 0 Å². The van der Waals surface area contributed by atoms with E-state index >= 15 is 0 Å². The average molecular weight is 347 g/mol. The zero-order valence-corrected chi connectivity index (χ0v) is 14.0. The lowest BCUT2D eigenvalue weighted by molar-refractivity contribution is 0.592. The van der Waals surface area contributed by atoms with Crippen LogP contribution in [0.4, 0.5) is 0 Å². The van der Waals surface area contributed by atoms with Crippen LogP contribution in [-0.4, -0.2) is 0 Å². The van der Waals surface area contributed by atoms with Gasteiger partial charge in [-0.1, -0.05) is 77.8 Å². The molecule has 3 rings (SSSR count). The van der Waals surface area contributed by atoms with Crippen LogP contribution in [-0.2, 0) is 4.57 Å². The lowest BCUT2D eigenvalue weighted by Crippen LogP contribution is -2.25. The van der Waals surface area contributed by atoms with E-state index in [1.807, 2.05) is 54.6 Å². The van der Waals surface area contributed by atoms with E-state index in [-0.39, 0.29) is 0 Å². The van der Waals surface area contributed by atoms with E-state index in [4.69, 9.17) is 23.2 Å². The van der Waals surface area contributed by atoms with Crippen LogP contribution in [0.3, 0.4) is 0 Å². The van der Waals surface area contributed by atoms with E-state index in [0.717, 1.165) is 5.30 Å². The number of hydrogen-bond acceptors (Lipinski definition) is 1. The van der Waals surface area contributed by atoms with E-state index in [1.54, 1.807) is 24.3 Å². The fraction of sp³-hybridized carbons (Fsp3) is 0. The van der Waals surface area contributed by atoms with E-state index in [1.165, 1.54) is 0 Å². The summed E-state index contributed by atoms with van der Waals surface area (Å²) >= 11 is 12.2. The standard InChI is InChI=1S/C18H13Cl2OP/c19-14-6-4-10-17(12-14)22(21,16-8-2-1-3-9-16)18-11-5-7-15(20)13-18/h1-13H. The minimum absolute atomic E-state index is 0.565. The SMILES string of the molecule is O=P(c1ccccc1)(c1cccc(Cl)c1)c1cccc(Cl)c1. The van der Waals surface area contributed by atoms with Crippen LogP contribution in [0, 0.1) is 0 Å². The molecule has 0 aliphatic rings. The average Bonchev–Trinajstić information content (AvgIpc) is 2.55. The summed E-state index contributed by atoms with van der Waals surface area (Å²) in [5.41, 5.74) is 0. The van der Waals surface area contributed by atoms with Crippen molar-refractivity contribution in [3.63, 3.8) is 0 Å². The Morgan fingerprint density at radius 3 is 1.50 bits per heavy atom. The summed E-state index contributed by atoms with van der Waals surface area (Å²) in [5, 5.41) is 3.30. The minimum Gasteiger partial charge on any atom is -0.309 e. The van der Waals surface area contributed by atoms with Gasteiger partial charge in [0, 0.05) is 26.0 Å². The first kappa shape index (κ1) is 15.4. The van der Waals surface area contributed by atoms with Gasteiger partial charge in [0.15, 0.2) is 7.14 Å². The van der Waals surface area contributed by atoms with Crippen molar-refractivity contribution in [2.24, 2.45) is 0 Å². The molecule has 0 saturated carbocycles. The Morgan fingerprint density at radius 1 is 0.591 bits per heavy atom. The maximum absolute atomic E-state index is 14.0. The predicted octanol–water partition coefficient (Wildman–Crippen LogP) is 4.63. The lowest BCUT2D eigenvalue weighted by Gasteiger charge is -2.20. The third-order valence-corrected chi connectivity index (χ3v) is 6.97. The summed E-state index contributed by atoms with van der Waals surface area (Å²) in [6.45, 7) is 0. The van der Waals surface area contributed by atoms with Crippen molar-refractivity contribution in [3.8, 4) is 0 Å². The van der Waals surface area contributed by atoms with Crippen LogP contribution in [0.2, 0.25) is 10.0 Å². The lowest BCUT2D eigenvalue weighted by atomic mass is 10.3. The maximum Gasteiger partial charge on any atom is 0.171 e. The monoisotopic (exact) mass is 346 g/mol. The van der Waals surface area contributed by atoms with Crippen molar-refractivity contribution in [1.82, 2.24) is 0 Å². The molecule has 0 fully saturated rings. The first-order valence-electron chi connectivity index (χ1n) is 6.78. The Morgan fingerprint density at radius 2 is 1.05 bits per heavy atom. The molecule has 0 spiro atoms. The second kappa shape index (κ2) is 6.30. The maximum atomic E-state index is 14.0. The molecule has 3 aromatic carbocycles.